The molecule has 1 aromatic carbocycles. The second-order valence-corrected chi connectivity index (χ2v) is 4.71. The van der Waals surface area contributed by atoms with Crippen LogP contribution in [-0.2, 0) is 6.54 Å². The molecule has 0 bridgehead atoms. The summed E-state index contributed by atoms with van der Waals surface area (Å²) in [7, 11) is 0. The summed E-state index contributed by atoms with van der Waals surface area (Å²) in [6.45, 7) is 4.50. The van der Waals surface area contributed by atoms with Crippen molar-refractivity contribution >= 4 is 11.6 Å². The lowest BCUT2D eigenvalue weighted by atomic mass is 10.1. The molecule has 2 rings (SSSR count). The molecule has 1 heterocycles. The summed E-state index contributed by atoms with van der Waals surface area (Å²) in [5.74, 6) is -0.111. The predicted molar refractivity (Wildman–Crippen MR) is 77.1 cm³/mol. The molecule has 1 aromatic heterocycles. The highest BCUT2D eigenvalue weighted by molar-refractivity contribution is 6.03. The van der Waals surface area contributed by atoms with Gasteiger partial charge in [0.15, 0.2) is 0 Å². The maximum absolute atomic E-state index is 12.3. The largest absolute Gasteiger partial charge is 0.341 e. The molecule has 0 saturated carbocycles. The van der Waals surface area contributed by atoms with E-state index < -0.39 is 0 Å². The monoisotopic (exact) mass is 257 g/mol. The molecule has 0 aliphatic carbocycles. The average molecular weight is 257 g/mol. The van der Waals surface area contributed by atoms with E-state index in [1.807, 2.05) is 61.0 Å². The van der Waals surface area contributed by atoms with Crippen molar-refractivity contribution in [3.05, 3.63) is 53.9 Å². The first-order valence-corrected chi connectivity index (χ1v) is 6.39. The van der Waals surface area contributed by atoms with Crippen molar-refractivity contribution in [2.45, 2.75) is 26.4 Å². The van der Waals surface area contributed by atoms with Crippen LogP contribution in [-0.4, -0.2) is 10.5 Å². The quantitative estimate of drug-likeness (QED) is 0.884. The Balaban J connectivity index is 2.23. The second-order valence-electron chi connectivity index (χ2n) is 4.71. The van der Waals surface area contributed by atoms with Crippen LogP contribution in [0.15, 0.2) is 42.6 Å². The van der Waals surface area contributed by atoms with Gasteiger partial charge in [0.1, 0.15) is 5.69 Å². The smallest absolute Gasteiger partial charge is 0.272 e. The molecular formula is C15H19N3O. The van der Waals surface area contributed by atoms with E-state index in [2.05, 4.69) is 5.32 Å². The normalized spacial score (nSPS) is 10.7. The van der Waals surface area contributed by atoms with Gasteiger partial charge < -0.3 is 15.6 Å². The number of carbonyl (C=O) groups excluding carboxylic acids is 1. The molecule has 19 heavy (non-hydrogen) atoms. The van der Waals surface area contributed by atoms with E-state index in [4.69, 9.17) is 5.73 Å². The number of hydrogen-bond acceptors (Lipinski definition) is 2. The van der Waals surface area contributed by atoms with Gasteiger partial charge in [-0.3, -0.25) is 4.79 Å². The van der Waals surface area contributed by atoms with Gasteiger partial charge in [-0.25, -0.2) is 0 Å². The van der Waals surface area contributed by atoms with E-state index >= 15 is 0 Å². The van der Waals surface area contributed by atoms with E-state index in [0.29, 0.717) is 12.2 Å². The number of hydrogen-bond donors (Lipinski definition) is 2. The number of anilines is 1. The van der Waals surface area contributed by atoms with Crippen LogP contribution in [0.1, 0.15) is 35.9 Å². The second kappa shape index (κ2) is 5.71. The van der Waals surface area contributed by atoms with E-state index in [0.717, 1.165) is 11.3 Å². The molecule has 3 N–H and O–H groups in total. The molecule has 0 aliphatic rings. The minimum atomic E-state index is -0.111. The number of aromatic nitrogens is 1. The summed E-state index contributed by atoms with van der Waals surface area (Å²) >= 11 is 0. The van der Waals surface area contributed by atoms with Crippen molar-refractivity contribution in [2.24, 2.45) is 5.73 Å². The Bertz CT molecular complexity index is 572. The molecule has 2 aromatic rings. The van der Waals surface area contributed by atoms with Crippen LogP contribution in [0.4, 0.5) is 5.69 Å². The summed E-state index contributed by atoms with van der Waals surface area (Å²) in [6, 6.07) is 11.5. The minimum absolute atomic E-state index is 0.111. The lowest BCUT2D eigenvalue weighted by Gasteiger charge is -2.14. The maximum atomic E-state index is 12.3. The van der Waals surface area contributed by atoms with Gasteiger partial charge in [0, 0.05) is 24.5 Å². The molecule has 0 spiro atoms. The summed E-state index contributed by atoms with van der Waals surface area (Å²) in [5.41, 5.74) is 8.02. The van der Waals surface area contributed by atoms with Gasteiger partial charge in [-0.1, -0.05) is 18.2 Å². The predicted octanol–water partition coefficient (Wildman–Crippen LogP) is 2.78. The van der Waals surface area contributed by atoms with Gasteiger partial charge in [0.25, 0.3) is 5.91 Å². The third kappa shape index (κ3) is 2.85. The molecule has 0 unspecified atom stereocenters. The van der Waals surface area contributed by atoms with Gasteiger partial charge in [0.05, 0.1) is 0 Å². The Kier molecular flexibility index (Phi) is 4.02. The first-order chi connectivity index (χ1) is 9.13. The highest BCUT2D eigenvalue weighted by Crippen LogP contribution is 2.17. The number of benzene rings is 1. The lowest BCUT2D eigenvalue weighted by Crippen LogP contribution is -2.19. The lowest BCUT2D eigenvalue weighted by molar-refractivity contribution is 0.101. The van der Waals surface area contributed by atoms with Crippen LogP contribution < -0.4 is 11.1 Å². The average Bonchev–Trinajstić information content (AvgIpc) is 2.88. The fraction of sp³-hybridized carbons (Fsp3) is 0.267. The van der Waals surface area contributed by atoms with Crippen LogP contribution in [0.3, 0.4) is 0 Å². The minimum Gasteiger partial charge on any atom is -0.341 e. The van der Waals surface area contributed by atoms with Crippen molar-refractivity contribution in [1.29, 1.82) is 0 Å². The molecule has 0 aliphatic heterocycles. The summed E-state index contributed by atoms with van der Waals surface area (Å²) in [6.07, 6.45) is 1.91. The number of amides is 1. The number of nitrogens with one attached hydrogen (secondary N) is 1. The summed E-state index contributed by atoms with van der Waals surface area (Å²) < 4.78 is 1.94. The Morgan fingerprint density at radius 3 is 2.68 bits per heavy atom. The van der Waals surface area contributed by atoms with E-state index in [1.165, 1.54) is 0 Å². The van der Waals surface area contributed by atoms with Gasteiger partial charge >= 0.3 is 0 Å². The van der Waals surface area contributed by atoms with E-state index in [9.17, 15) is 4.79 Å². The molecule has 0 saturated heterocycles. The molecular weight excluding hydrogens is 238 g/mol. The van der Waals surface area contributed by atoms with Gasteiger partial charge in [-0.2, -0.15) is 0 Å². The molecule has 100 valence electrons. The van der Waals surface area contributed by atoms with Crippen LogP contribution in [0.5, 0.6) is 0 Å². The van der Waals surface area contributed by atoms with Gasteiger partial charge in [-0.15, -0.1) is 0 Å². The molecule has 0 atom stereocenters. The maximum Gasteiger partial charge on any atom is 0.272 e. The number of rotatable bonds is 4. The Hall–Kier alpha value is -2.07. The zero-order valence-electron chi connectivity index (χ0n) is 11.3. The fourth-order valence-electron chi connectivity index (χ4n) is 2.04. The Morgan fingerprint density at radius 1 is 1.26 bits per heavy atom. The van der Waals surface area contributed by atoms with Crippen LogP contribution in [0.2, 0.25) is 0 Å². The molecule has 0 radical (unpaired) electrons. The molecule has 4 nitrogen and oxygen atoms in total. The third-order valence-corrected chi connectivity index (χ3v) is 3.05. The van der Waals surface area contributed by atoms with Crippen LogP contribution >= 0.6 is 0 Å². The highest BCUT2D eigenvalue weighted by Gasteiger charge is 2.13. The van der Waals surface area contributed by atoms with Crippen molar-refractivity contribution in [3.63, 3.8) is 0 Å². The number of nitrogens with zero attached hydrogens (tertiary/aromatic N) is 1. The molecule has 0 fully saturated rings. The topological polar surface area (TPSA) is 60.0 Å². The first-order valence-electron chi connectivity index (χ1n) is 6.39. The summed E-state index contributed by atoms with van der Waals surface area (Å²) in [5, 5.41) is 2.92. The summed E-state index contributed by atoms with van der Waals surface area (Å²) in [4.78, 5) is 12.3. The zero-order chi connectivity index (χ0) is 13.8. The van der Waals surface area contributed by atoms with Crippen molar-refractivity contribution in [3.8, 4) is 0 Å². The van der Waals surface area contributed by atoms with Crippen molar-refractivity contribution in [1.82, 2.24) is 4.57 Å². The third-order valence-electron chi connectivity index (χ3n) is 3.05. The standard InChI is InChI=1S/C15H19N3O/c1-11(2)18-9-5-8-14(18)15(19)17-13-7-4-3-6-12(13)10-16/h3-9,11H,10,16H2,1-2H3,(H,17,19). The molecule has 4 heteroatoms. The highest BCUT2D eigenvalue weighted by atomic mass is 16.1. The van der Waals surface area contributed by atoms with Crippen LogP contribution in [0, 0.1) is 0 Å². The Labute approximate surface area is 113 Å². The fourth-order valence-corrected chi connectivity index (χ4v) is 2.04. The zero-order valence-corrected chi connectivity index (χ0v) is 11.3. The SMILES string of the molecule is CC(C)n1cccc1C(=O)Nc1ccccc1CN. The van der Waals surface area contributed by atoms with Gasteiger partial charge in [0.2, 0.25) is 0 Å². The van der Waals surface area contributed by atoms with Crippen molar-refractivity contribution in [2.75, 3.05) is 5.32 Å². The number of nitrogens with two attached hydrogens (primary N) is 1. The van der Waals surface area contributed by atoms with E-state index in [1.54, 1.807) is 0 Å². The number of para-hydroxylation sites is 1. The van der Waals surface area contributed by atoms with Crippen LogP contribution in [0.25, 0.3) is 0 Å². The van der Waals surface area contributed by atoms with E-state index in [-0.39, 0.29) is 11.9 Å². The first kappa shape index (κ1) is 13.4. The molecule has 1 amide bonds. The van der Waals surface area contributed by atoms with Gasteiger partial charge in [-0.05, 0) is 37.6 Å². The van der Waals surface area contributed by atoms with Crippen molar-refractivity contribution < 1.29 is 4.79 Å². The number of carbonyl (C=O) groups is 1. The Morgan fingerprint density at radius 2 is 2.00 bits per heavy atom.